The van der Waals surface area contributed by atoms with Crippen LogP contribution in [0.4, 0.5) is 0 Å². The van der Waals surface area contributed by atoms with Crippen molar-refractivity contribution >= 4 is 0 Å². The van der Waals surface area contributed by atoms with Crippen LogP contribution in [0.2, 0.25) is 0 Å². The normalized spacial score (nSPS) is 14.4. The predicted molar refractivity (Wildman–Crippen MR) is 71.9 cm³/mol. The Morgan fingerprint density at radius 2 is 1.78 bits per heavy atom. The third kappa shape index (κ3) is 3.62. The first-order chi connectivity index (χ1) is 8.49. The lowest BCUT2D eigenvalue weighted by molar-refractivity contribution is 0.121. The Morgan fingerprint density at radius 1 is 1.17 bits per heavy atom. The van der Waals surface area contributed by atoms with E-state index in [0.717, 1.165) is 5.56 Å². The third-order valence-corrected chi connectivity index (χ3v) is 2.92. The molecule has 0 spiro atoms. The molecule has 0 radical (unpaired) electrons. The zero-order chi connectivity index (χ0) is 13.7. The molecular weight excluding hydrogens is 230 g/mol. The van der Waals surface area contributed by atoms with Gasteiger partial charge in [-0.15, -0.1) is 0 Å². The van der Waals surface area contributed by atoms with Crippen LogP contribution in [0, 0.1) is 5.92 Å². The van der Waals surface area contributed by atoms with E-state index in [1.165, 1.54) is 0 Å². The second-order valence-electron chi connectivity index (χ2n) is 4.84. The van der Waals surface area contributed by atoms with E-state index in [1.54, 1.807) is 20.3 Å². The van der Waals surface area contributed by atoms with Gasteiger partial charge in [-0.05, 0) is 30.0 Å². The van der Waals surface area contributed by atoms with Crippen LogP contribution < -0.4 is 15.2 Å². The van der Waals surface area contributed by atoms with E-state index >= 15 is 0 Å². The van der Waals surface area contributed by atoms with E-state index < -0.39 is 12.1 Å². The molecule has 0 amide bonds. The largest absolute Gasteiger partial charge is 0.493 e. The van der Waals surface area contributed by atoms with Gasteiger partial charge < -0.3 is 20.3 Å². The van der Waals surface area contributed by atoms with Crippen LogP contribution in [-0.2, 0) is 0 Å². The van der Waals surface area contributed by atoms with E-state index in [2.05, 4.69) is 13.8 Å². The Bertz CT molecular complexity index is 379. The Balaban J connectivity index is 2.89. The Morgan fingerprint density at radius 3 is 2.28 bits per heavy atom. The van der Waals surface area contributed by atoms with Crippen LogP contribution in [-0.4, -0.2) is 25.4 Å². The first-order valence-corrected chi connectivity index (χ1v) is 6.15. The van der Waals surface area contributed by atoms with Gasteiger partial charge >= 0.3 is 0 Å². The number of aliphatic hydroxyl groups excluding tert-OH is 1. The van der Waals surface area contributed by atoms with Gasteiger partial charge in [0.2, 0.25) is 0 Å². The summed E-state index contributed by atoms with van der Waals surface area (Å²) in [6, 6.07) is 5.06. The molecule has 0 fully saturated rings. The first kappa shape index (κ1) is 14.8. The molecule has 0 unspecified atom stereocenters. The molecule has 2 atom stereocenters. The number of rotatable bonds is 6. The van der Waals surface area contributed by atoms with Crippen molar-refractivity contribution in [3.8, 4) is 11.5 Å². The lowest BCUT2D eigenvalue weighted by atomic mass is 9.95. The summed E-state index contributed by atoms with van der Waals surface area (Å²) in [5.74, 6) is 1.69. The van der Waals surface area contributed by atoms with Gasteiger partial charge in [0, 0.05) is 0 Å². The standard InChI is InChI=1S/C14H23NO3/c1-9(2)7-11(16)14(15)10-5-6-12(17-3)13(8-10)18-4/h5-6,8-9,11,14,16H,7,15H2,1-4H3/t11-,14+/m0/s1. The lowest BCUT2D eigenvalue weighted by Gasteiger charge is -2.21. The topological polar surface area (TPSA) is 64.7 Å². The fourth-order valence-corrected chi connectivity index (χ4v) is 1.91. The van der Waals surface area contributed by atoms with Crippen LogP contribution in [0.3, 0.4) is 0 Å². The molecular formula is C14H23NO3. The molecule has 3 N–H and O–H groups in total. The summed E-state index contributed by atoms with van der Waals surface area (Å²) in [5, 5.41) is 10.0. The molecule has 4 heteroatoms. The van der Waals surface area contributed by atoms with Crippen molar-refractivity contribution in [2.75, 3.05) is 14.2 Å². The molecule has 0 saturated heterocycles. The summed E-state index contributed by atoms with van der Waals surface area (Å²) in [4.78, 5) is 0. The van der Waals surface area contributed by atoms with Crippen molar-refractivity contribution in [1.82, 2.24) is 0 Å². The molecule has 1 rings (SSSR count). The van der Waals surface area contributed by atoms with Crippen LogP contribution in [0.15, 0.2) is 18.2 Å². The molecule has 0 aliphatic rings. The minimum absolute atomic E-state index is 0.409. The van der Waals surface area contributed by atoms with Crippen LogP contribution in [0.1, 0.15) is 31.9 Å². The maximum absolute atomic E-state index is 10.0. The van der Waals surface area contributed by atoms with Gasteiger partial charge in [-0.3, -0.25) is 0 Å². The quantitative estimate of drug-likeness (QED) is 0.815. The lowest BCUT2D eigenvalue weighted by Crippen LogP contribution is -2.27. The molecule has 0 saturated carbocycles. The highest BCUT2D eigenvalue weighted by Gasteiger charge is 2.19. The summed E-state index contributed by atoms with van der Waals surface area (Å²) < 4.78 is 10.4. The zero-order valence-electron chi connectivity index (χ0n) is 11.5. The highest BCUT2D eigenvalue weighted by atomic mass is 16.5. The van der Waals surface area contributed by atoms with E-state index in [9.17, 15) is 5.11 Å². The molecule has 4 nitrogen and oxygen atoms in total. The maximum Gasteiger partial charge on any atom is 0.161 e. The predicted octanol–water partition coefficient (Wildman–Crippen LogP) is 2.11. The third-order valence-electron chi connectivity index (χ3n) is 2.92. The summed E-state index contributed by atoms with van der Waals surface area (Å²) in [6.07, 6.45) is 0.123. The molecule has 1 aromatic carbocycles. The van der Waals surface area contributed by atoms with Gasteiger partial charge in [-0.25, -0.2) is 0 Å². The number of methoxy groups -OCH3 is 2. The van der Waals surface area contributed by atoms with Crippen LogP contribution in [0.25, 0.3) is 0 Å². The molecule has 0 aromatic heterocycles. The van der Waals surface area contributed by atoms with Crippen molar-refractivity contribution in [3.05, 3.63) is 23.8 Å². The number of nitrogens with two attached hydrogens (primary N) is 1. The number of hydrogen-bond acceptors (Lipinski definition) is 4. The molecule has 102 valence electrons. The van der Waals surface area contributed by atoms with Gasteiger partial charge in [-0.1, -0.05) is 19.9 Å². The van der Waals surface area contributed by atoms with Crippen molar-refractivity contribution in [1.29, 1.82) is 0 Å². The highest BCUT2D eigenvalue weighted by Crippen LogP contribution is 2.30. The SMILES string of the molecule is COc1ccc([C@@H](N)[C@@H](O)CC(C)C)cc1OC. The van der Waals surface area contributed by atoms with Crippen LogP contribution >= 0.6 is 0 Å². The molecule has 1 aromatic rings. The number of benzene rings is 1. The van der Waals surface area contributed by atoms with Crippen molar-refractivity contribution in [3.63, 3.8) is 0 Å². The summed E-state index contributed by atoms with van der Waals surface area (Å²) in [5.41, 5.74) is 6.90. The molecule has 0 bridgehead atoms. The van der Waals surface area contributed by atoms with Gasteiger partial charge in [-0.2, -0.15) is 0 Å². The Kier molecular flexibility index (Phi) is 5.44. The van der Waals surface area contributed by atoms with Crippen molar-refractivity contribution in [2.45, 2.75) is 32.4 Å². The van der Waals surface area contributed by atoms with E-state index in [1.807, 2.05) is 12.1 Å². The summed E-state index contributed by atoms with van der Waals surface area (Å²) in [7, 11) is 3.17. The second-order valence-corrected chi connectivity index (χ2v) is 4.84. The smallest absolute Gasteiger partial charge is 0.161 e. The van der Waals surface area contributed by atoms with E-state index in [-0.39, 0.29) is 0 Å². The summed E-state index contributed by atoms with van der Waals surface area (Å²) >= 11 is 0. The van der Waals surface area contributed by atoms with E-state index in [4.69, 9.17) is 15.2 Å². The number of ether oxygens (including phenoxy) is 2. The molecule has 0 aliphatic carbocycles. The fourth-order valence-electron chi connectivity index (χ4n) is 1.91. The minimum Gasteiger partial charge on any atom is -0.493 e. The van der Waals surface area contributed by atoms with Gasteiger partial charge in [0.1, 0.15) is 0 Å². The molecule has 18 heavy (non-hydrogen) atoms. The average Bonchev–Trinajstić information content (AvgIpc) is 2.36. The second kappa shape index (κ2) is 6.61. The number of hydrogen-bond donors (Lipinski definition) is 2. The Labute approximate surface area is 109 Å². The van der Waals surface area contributed by atoms with Crippen molar-refractivity contribution in [2.24, 2.45) is 11.7 Å². The highest BCUT2D eigenvalue weighted by molar-refractivity contribution is 5.43. The summed E-state index contributed by atoms with van der Waals surface area (Å²) in [6.45, 7) is 4.12. The Hall–Kier alpha value is -1.26. The van der Waals surface area contributed by atoms with Gasteiger partial charge in [0.25, 0.3) is 0 Å². The fraction of sp³-hybridized carbons (Fsp3) is 0.571. The maximum atomic E-state index is 10.0. The first-order valence-electron chi connectivity index (χ1n) is 6.15. The molecule has 0 aliphatic heterocycles. The zero-order valence-corrected chi connectivity index (χ0v) is 11.5. The monoisotopic (exact) mass is 253 g/mol. The van der Waals surface area contributed by atoms with Gasteiger partial charge in [0.15, 0.2) is 11.5 Å². The van der Waals surface area contributed by atoms with Crippen LogP contribution in [0.5, 0.6) is 11.5 Å². The molecule has 0 heterocycles. The van der Waals surface area contributed by atoms with E-state index in [0.29, 0.717) is 23.8 Å². The van der Waals surface area contributed by atoms with Gasteiger partial charge in [0.05, 0.1) is 26.4 Å². The van der Waals surface area contributed by atoms with Crippen molar-refractivity contribution < 1.29 is 14.6 Å². The average molecular weight is 253 g/mol. The number of aliphatic hydroxyl groups is 1. The minimum atomic E-state index is -0.553.